The normalized spacial score (nSPS) is 25.7. The summed E-state index contributed by atoms with van der Waals surface area (Å²) in [5, 5.41) is 7.53. The first-order valence-electron chi connectivity index (χ1n) is 12.1. The summed E-state index contributed by atoms with van der Waals surface area (Å²) in [6.45, 7) is 0.941. The zero-order chi connectivity index (χ0) is 27.2. The zero-order valence-corrected chi connectivity index (χ0v) is 21.2. The number of hydrogen-bond donors (Lipinski definition) is 3. The minimum absolute atomic E-state index is 0.0757. The molecule has 0 spiro atoms. The molecule has 3 N–H and O–H groups in total. The van der Waals surface area contributed by atoms with Crippen molar-refractivity contribution in [3.8, 4) is 5.75 Å². The zero-order valence-electron chi connectivity index (χ0n) is 21.2. The average molecular weight is 526 g/mol. The Morgan fingerprint density at radius 2 is 2.05 bits per heavy atom. The Labute approximate surface area is 218 Å². The van der Waals surface area contributed by atoms with Gasteiger partial charge in [0, 0.05) is 31.1 Å². The number of nitrogens with one attached hydrogen (secondary N) is 3. The van der Waals surface area contributed by atoms with Crippen molar-refractivity contribution in [3.63, 3.8) is 0 Å². The van der Waals surface area contributed by atoms with Gasteiger partial charge in [0.25, 0.3) is 17.7 Å². The second-order valence-corrected chi connectivity index (χ2v) is 9.84. The molecule has 5 rings (SSSR count). The van der Waals surface area contributed by atoms with Crippen molar-refractivity contribution in [1.82, 2.24) is 25.8 Å². The van der Waals surface area contributed by atoms with Crippen molar-refractivity contribution in [2.75, 3.05) is 40.8 Å². The molecule has 2 unspecified atom stereocenters. The van der Waals surface area contributed by atoms with Crippen LogP contribution in [0.3, 0.4) is 0 Å². The summed E-state index contributed by atoms with van der Waals surface area (Å²) in [4.78, 5) is 54.5. The lowest BCUT2D eigenvalue weighted by Crippen LogP contribution is -2.57. The number of carbonyl (C=O) groups is 4. The predicted molar refractivity (Wildman–Crippen MR) is 132 cm³/mol. The Morgan fingerprint density at radius 1 is 1.26 bits per heavy atom. The van der Waals surface area contributed by atoms with E-state index in [4.69, 9.17) is 9.47 Å². The van der Waals surface area contributed by atoms with Gasteiger partial charge in [-0.15, -0.1) is 0 Å². The van der Waals surface area contributed by atoms with Crippen LogP contribution in [0.15, 0.2) is 53.6 Å². The summed E-state index contributed by atoms with van der Waals surface area (Å²) >= 11 is 0. The minimum atomic E-state index is -1.72. The minimum Gasteiger partial charge on any atom is -0.497 e. The Hall–Kier alpha value is -4.19. The quantitative estimate of drug-likeness (QED) is 0.424. The van der Waals surface area contributed by atoms with Crippen LogP contribution >= 0.6 is 0 Å². The van der Waals surface area contributed by atoms with Crippen LogP contribution in [0.4, 0.5) is 9.18 Å². The highest BCUT2D eigenvalue weighted by Crippen LogP contribution is 2.39. The van der Waals surface area contributed by atoms with E-state index in [1.807, 2.05) is 19.0 Å². The lowest BCUT2D eigenvalue weighted by Gasteiger charge is -2.32. The number of amides is 5. The van der Waals surface area contributed by atoms with E-state index in [1.54, 1.807) is 24.3 Å². The summed E-state index contributed by atoms with van der Waals surface area (Å²) in [6.07, 6.45) is 3.40. The van der Waals surface area contributed by atoms with Gasteiger partial charge in [-0.3, -0.25) is 19.7 Å². The molecule has 0 radical (unpaired) electrons. The van der Waals surface area contributed by atoms with Crippen LogP contribution in [-0.2, 0) is 20.9 Å². The lowest BCUT2D eigenvalue weighted by atomic mass is 9.90. The number of nitrogens with zero attached hydrogens (tertiary/aromatic N) is 2. The summed E-state index contributed by atoms with van der Waals surface area (Å²) < 4.78 is 26.0. The molecule has 3 heterocycles. The summed E-state index contributed by atoms with van der Waals surface area (Å²) in [5.74, 6) is -2.28. The second-order valence-electron chi connectivity index (χ2n) is 9.84. The Kier molecular flexibility index (Phi) is 6.43. The van der Waals surface area contributed by atoms with E-state index in [0.29, 0.717) is 24.4 Å². The highest BCUT2D eigenvalue weighted by molar-refractivity contribution is 6.10. The van der Waals surface area contributed by atoms with Crippen LogP contribution in [0.1, 0.15) is 15.9 Å². The van der Waals surface area contributed by atoms with E-state index >= 15 is 0 Å². The Bertz CT molecular complexity index is 1320. The SMILES string of the molecule is COc1ccc2c(c1)C(=O)N(C[C@@]1(C3=CC4C=C(C(=O)NCCN(C)C)C(F)=CC4O3)NC(=O)NC1=O)C2. The third-order valence-corrected chi connectivity index (χ3v) is 6.99. The van der Waals surface area contributed by atoms with Crippen molar-refractivity contribution in [1.29, 1.82) is 0 Å². The Morgan fingerprint density at radius 3 is 2.74 bits per heavy atom. The van der Waals surface area contributed by atoms with Crippen molar-refractivity contribution < 1.29 is 33.0 Å². The first-order valence-corrected chi connectivity index (χ1v) is 12.1. The Balaban J connectivity index is 1.40. The first kappa shape index (κ1) is 25.5. The van der Waals surface area contributed by atoms with Crippen molar-refractivity contribution >= 4 is 23.8 Å². The van der Waals surface area contributed by atoms with E-state index in [-0.39, 0.29) is 30.3 Å². The highest BCUT2D eigenvalue weighted by atomic mass is 19.1. The van der Waals surface area contributed by atoms with E-state index < -0.39 is 41.2 Å². The third kappa shape index (κ3) is 4.40. The van der Waals surface area contributed by atoms with Gasteiger partial charge in [-0.25, -0.2) is 9.18 Å². The molecule has 11 nitrogen and oxygen atoms in total. The molecule has 12 heteroatoms. The number of fused-ring (bicyclic) bond motifs is 2. The smallest absolute Gasteiger partial charge is 0.322 e. The number of rotatable bonds is 8. The van der Waals surface area contributed by atoms with Crippen molar-refractivity contribution in [3.05, 3.63) is 64.7 Å². The number of carbonyl (C=O) groups excluding carboxylic acids is 4. The molecule has 1 saturated heterocycles. The third-order valence-electron chi connectivity index (χ3n) is 6.99. The molecular formula is C26H28FN5O6. The van der Waals surface area contributed by atoms with Crippen LogP contribution in [-0.4, -0.2) is 86.0 Å². The van der Waals surface area contributed by atoms with Crippen LogP contribution in [0.5, 0.6) is 5.75 Å². The van der Waals surface area contributed by atoms with Crippen LogP contribution < -0.4 is 20.7 Å². The van der Waals surface area contributed by atoms with Gasteiger partial charge in [0.1, 0.15) is 23.4 Å². The maximum Gasteiger partial charge on any atom is 0.322 e. The van der Waals surface area contributed by atoms with Gasteiger partial charge in [-0.1, -0.05) is 12.1 Å². The molecule has 1 aromatic rings. The molecule has 4 aliphatic rings. The van der Waals surface area contributed by atoms with Gasteiger partial charge in [0.2, 0.25) is 0 Å². The number of hydrogen-bond acceptors (Lipinski definition) is 7. The van der Waals surface area contributed by atoms with E-state index in [1.165, 1.54) is 24.2 Å². The van der Waals surface area contributed by atoms with E-state index in [0.717, 1.165) is 5.56 Å². The number of urea groups is 1. The number of likely N-dealkylation sites (N-methyl/N-ethyl adjacent to an activating group) is 1. The van der Waals surface area contributed by atoms with Crippen molar-refractivity contribution in [2.24, 2.45) is 5.92 Å². The monoisotopic (exact) mass is 525 g/mol. The standard InChI is InChI=1S/C26H28FN5O6/c1-31(2)7-6-28-22(33)18-8-15-9-21(38-20(15)11-19(18)27)26(24(35)29-25(36)30-26)13-32-12-14-4-5-16(37-3)10-17(14)23(32)34/h4-5,8-11,15,20H,6-7,12-13H2,1-3H3,(H,28,33)(H2,29,30,35,36)/t15?,20?,26-/m0/s1. The number of imide groups is 1. The first-order chi connectivity index (χ1) is 18.1. The molecular weight excluding hydrogens is 497 g/mol. The summed E-state index contributed by atoms with van der Waals surface area (Å²) in [6, 6.07) is 4.40. The fourth-order valence-corrected chi connectivity index (χ4v) is 4.98. The molecule has 38 heavy (non-hydrogen) atoms. The molecule has 1 aliphatic carbocycles. The van der Waals surface area contributed by atoms with Crippen LogP contribution in [0.25, 0.3) is 0 Å². The van der Waals surface area contributed by atoms with E-state index in [9.17, 15) is 23.6 Å². The summed E-state index contributed by atoms with van der Waals surface area (Å²) in [7, 11) is 5.22. The molecule has 200 valence electrons. The number of methoxy groups -OCH3 is 1. The predicted octanol–water partition coefficient (Wildman–Crippen LogP) is 0.599. The highest BCUT2D eigenvalue weighted by Gasteiger charge is 2.55. The fraction of sp³-hybridized carbons (Fsp3) is 0.385. The average Bonchev–Trinajstić information content (AvgIpc) is 3.51. The molecule has 3 aliphatic heterocycles. The lowest BCUT2D eigenvalue weighted by molar-refractivity contribution is -0.124. The van der Waals surface area contributed by atoms with Gasteiger partial charge < -0.3 is 29.9 Å². The fourth-order valence-electron chi connectivity index (χ4n) is 4.98. The molecule has 0 saturated carbocycles. The summed E-state index contributed by atoms with van der Waals surface area (Å²) in [5.41, 5.74) is -0.650. The van der Waals surface area contributed by atoms with Crippen molar-refractivity contribution in [2.45, 2.75) is 18.2 Å². The molecule has 0 bridgehead atoms. The van der Waals surface area contributed by atoms with Crippen LogP contribution in [0.2, 0.25) is 0 Å². The maximum absolute atomic E-state index is 14.9. The largest absolute Gasteiger partial charge is 0.497 e. The van der Waals surface area contributed by atoms with Gasteiger partial charge in [-0.05, 0) is 43.9 Å². The number of ether oxygens (including phenoxy) is 2. The molecule has 1 fully saturated rings. The molecule has 0 aromatic heterocycles. The molecule has 5 amide bonds. The maximum atomic E-state index is 14.9. The topological polar surface area (TPSA) is 129 Å². The van der Waals surface area contributed by atoms with Gasteiger partial charge in [-0.2, -0.15) is 0 Å². The molecule has 1 aromatic carbocycles. The van der Waals surface area contributed by atoms with Gasteiger partial charge in [0.05, 0.1) is 19.2 Å². The number of benzene rings is 1. The second kappa shape index (κ2) is 9.60. The molecule has 3 atom stereocenters. The number of halogens is 1. The van der Waals surface area contributed by atoms with Gasteiger partial charge in [0.15, 0.2) is 5.54 Å². The van der Waals surface area contributed by atoms with E-state index in [2.05, 4.69) is 16.0 Å². The van der Waals surface area contributed by atoms with Gasteiger partial charge >= 0.3 is 6.03 Å². The van der Waals surface area contributed by atoms with Crippen LogP contribution in [0, 0.1) is 5.92 Å².